The second-order valence-corrected chi connectivity index (χ2v) is 8.65. The molecule has 0 saturated heterocycles. The van der Waals surface area contributed by atoms with Crippen LogP contribution in [0.5, 0.6) is 0 Å². The molecule has 13 heteroatoms. The monoisotopic (exact) mass is 457 g/mol. The molecule has 0 atom stereocenters. The summed E-state index contributed by atoms with van der Waals surface area (Å²) >= 11 is 5.50. The average molecular weight is 458 g/mol. The molecule has 6 nitrogen and oxygen atoms in total. The van der Waals surface area contributed by atoms with E-state index in [9.17, 15) is 35.2 Å². The van der Waals surface area contributed by atoms with Gasteiger partial charge in [-0.1, -0.05) is 11.6 Å². The number of anilines is 1. The molecule has 3 rings (SSSR count). The molecule has 1 aromatic heterocycles. The van der Waals surface area contributed by atoms with E-state index in [1.165, 1.54) is 7.05 Å². The number of alkyl halides is 3. The molecule has 1 aliphatic carbocycles. The van der Waals surface area contributed by atoms with Crippen LogP contribution in [-0.4, -0.2) is 30.6 Å². The summed E-state index contributed by atoms with van der Waals surface area (Å²) < 4.78 is 93.1. The minimum Gasteiger partial charge on any atom is -0.345 e. The largest absolute Gasteiger partial charge is 0.407 e. The molecule has 0 bridgehead atoms. The first kappa shape index (κ1) is 21.5. The molecule has 1 amide bonds. The summed E-state index contributed by atoms with van der Waals surface area (Å²) in [6, 6.07) is 2.48. The van der Waals surface area contributed by atoms with Gasteiger partial charge in [-0.15, -0.1) is 0 Å². The molecule has 0 radical (unpaired) electrons. The number of carbonyl (C=O) groups is 1. The maximum Gasteiger partial charge on any atom is 0.407 e. The Hall–Kier alpha value is -2.18. The first-order valence-corrected chi connectivity index (χ1v) is 9.85. The van der Waals surface area contributed by atoms with E-state index < -0.39 is 49.2 Å². The Morgan fingerprint density at radius 1 is 1.21 bits per heavy atom. The van der Waals surface area contributed by atoms with E-state index in [4.69, 9.17) is 11.6 Å². The molecular formula is C16H13ClF5N3O3S. The Kier molecular flexibility index (Phi) is 5.16. The number of hydrogen-bond donors (Lipinski definition) is 2. The third-order valence-corrected chi connectivity index (χ3v) is 6.17. The van der Waals surface area contributed by atoms with Gasteiger partial charge in [0.1, 0.15) is 16.1 Å². The Balaban J connectivity index is 1.84. The van der Waals surface area contributed by atoms with E-state index in [-0.39, 0.29) is 24.2 Å². The quantitative estimate of drug-likeness (QED) is 0.532. The molecule has 0 spiro atoms. The number of aryl methyl sites for hydroxylation is 1. The molecule has 0 unspecified atom stereocenters. The SMILES string of the molecule is Cn1cc(S(=O)(=O)NC2(C(F)(F)F)CC2)cc1C(=O)Nc1cc(F)c(F)c(Cl)c1. The van der Waals surface area contributed by atoms with E-state index in [1.54, 1.807) is 4.72 Å². The van der Waals surface area contributed by atoms with Crippen molar-refractivity contribution in [1.82, 2.24) is 9.29 Å². The van der Waals surface area contributed by atoms with Crippen LogP contribution < -0.4 is 10.0 Å². The molecule has 1 aromatic carbocycles. The molecule has 29 heavy (non-hydrogen) atoms. The Labute approximate surface area is 166 Å². The number of benzene rings is 1. The zero-order valence-electron chi connectivity index (χ0n) is 14.6. The molecule has 0 aliphatic heterocycles. The number of rotatable bonds is 5. The van der Waals surface area contributed by atoms with Gasteiger partial charge in [-0.2, -0.15) is 17.9 Å². The van der Waals surface area contributed by atoms with Gasteiger partial charge < -0.3 is 9.88 Å². The molecule has 2 aromatic rings. The zero-order valence-corrected chi connectivity index (χ0v) is 16.1. The van der Waals surface area contributed by atoms with Crippen molar-refractivity contribution in [3.63, 3.8) is 0 Å². The van der Waals surface area contributed by atoms with Gasteiger partial charge in [-0.3, -0.25) is 4.79 Å². The van der Waals surface area contributed by atoms with Crippen molar-refractivity contribution < 1.29 is 35.2 Å². The highest BCUT2D eigenvalue weighted by molar-refractivity contribution is 7.89. The highest BCUT2D eigenvalue weighted by atomic mass is 35.5. The molecule has 1 fully saturated rings. The third kappa shape index (κ3) is 4.09. The van der Waals surface area contributed by atoms with Crippen LogP contribution in [0.4, 0.5) is 27.6 Å². The van der Waals surface area contributed by atoms with Crippen LogP contribution in [0.15, 0.2) is 29.3 Å². The number of amides is 1. The van der Waals surface area contributed by atoms with Crippen LogP contribution in [0.25, 0.3) is 0 Å². The third-order valence-electron chi connectivity index (χ3n) is 4.39. The van der Waals surface area contributed by atoms with Gasteiger partial charge in [0, 0.05) is 25.0 Å². The second-order valence-electron chi connectivity index (χ2n) is 6.57. The summed E-state index contributed by atoms with van der Waals surface area (Å²) in [4.78, 5) is 11.8. The van der Waals surface area contributed by atoms with Crippen LogP contribution in [0.2, 0.25) is 5.02 Å². The topological polar surface area (TPSA) is 80.2 Å². The highest BCUT2D eigenvalue weighted by Crippen LogP contribution is 2.49. The Bertz CT molecular complexity index is 1070. The van der Waals surface area contributed by atoms with E-state index in [0.29, 0.717) is 6.07 Å². The van der Waals surface area contributed by atoms with Gasteiger partial charge >= 0.3 is 6.18 Å². The van der Waals surface area contributed by atoms with Crippen LogP contribution in [0.1, 0.15) is 23.3 Å². The summed E-state index contributed by atoms with van der Waals surface area (Å²) in [5.41, 5.74) is -2.95. The van der Waals surface area contributed by atoms with Crippen molar-refractivity contribution in [1.29, 1.82) is 0 Å². The minimum atomic E-state index is -4.75. The maximum absolute atomic E-state index is 13.4. The van der Waals surface area contributed by atoms with Gasteiger partial charge in [0.15, 0.2) is 11.6 Å². The van der Waals surface area contributed by atoms with Crippen LogP contribution in [-0.2, 0) is 17.1 Å². The van der Waals surface area contributed by atoms with Crippen LogP contribution in [0.3, 0.4) is 0 Å². The first-order chi connectivity index (χ1) is 13.3. The van der Waals surface area contributed by atoms with Crippen molar-refractivity contribution in [2.45, 2.75) is 29.5 Å². The summed E-state index contributed by atoms with van der Waals surface area (Å²) in [6.45, 7) is 0. The number of hydrogen-bond acceptors (Lipinski definition) is 3. The lowest BCUT2D eigenvalue weighted by Gasteiger charge is -2.20. The molecule has 1 heterocycles. The highest BCUT2D eigenvalue weighted by Gasteiger charge is 2.65. The van der Waals surface area contributed by atoms with Crippen molar-refractivity contribution in [3.05, 3.63) is 46.7 Å². The molecule has 1 saturated carbocycles. The molecule has 2 N–H and O–H groups in total. The number of nitrogens with one attached hydrogen (secondary N) is 2. The fraction of sp³-hybridized carbons (Fsp3) is 0.312. The van der Waals surface area contributed by atoms with E-state index in [0.717, 1.165) is 22.9 Å². The zero-order chi connectivity index (χ0) is 21.8. The summed E-state index contributed by atoms with van der Waals surface area (Å²) in [5, 5.41) is 1.63. The smallest absolute Gasteiger partial charge is 0.345 e. The molecular weight excluding hydrogens is 445 g/mol. The van der Waals surface area contributed by atoms with Gasteiger partial charge in [0.05, 0.1) is 5.02 Å². The van der Waals surface area contributed by atoms with Crippen molar-refractivity contribution >= 4 is 33.2 Å². The van der Waals surface area contributed by atoms with Crippen molar-refractivity contribution in [3.8, 4) is 0 Å². The summed E-state index contributed by atoms with van der Waals surface area (Å²) in [5.74, 6) is -3.52. The Morgan fingerprint density at radius 2 is 1.83 bits per heavy atom. The maximum atomic E-state index is 13.4. The fourth-order valence-electron chi connectivity index (χ4n) is 2.61. The fourth-order valence-corrected chi connectivity index (χ4v) is 4.34. The minimum absolute atomic E-state index is 0.198. The van der Waals surface area contributed by atoms with Crippen LogP contribution in [0, 0.1) is 11.6 Å². The average Bonchev–Trinajstić information content (AvgIpc) is 3.25. The number of sulfonamides is 1. The lowest BCUT2D eigenvalue weighted by Crippen LogP contribution is -2.47. The van der Waals surface area contributed by atoms with E-state index in [2.05, 4.69) is 5.32 Å². The van der Waals surface area contributed by atoms with Gasteiger partial charge in [-0.05, 0) is 25.0 Å². The standard InChI is InChI=1S/C16H13ClF5N3O3S/c1-25-7-9(29(27,28)24-15(2-3-15)16(20,21)22)6-12(25)14(26)23-8-4-10(17)13(19)11(18)5-8/h4-7,24H,2-3H2,1H3,(H,23,26). The van der Waals surface area contributed by atoms with Crippen molar-refractivity contribution in [2.24, 2.45) is 7.05 Å². The van der Waals surface area contributed by atoms with Gasteiger partial charge in [0.2, 0.25) is 10.0 Å². The van der Waals surface area contributed by atoms with E-state index >= 15 is 0 Å². The number of carbonyl (C=O) groups excluding carboxylic acids is 1. The molecule has 158 valence electrons. The van der Waals surface area contributed by atoms with Crippen LogP contribution >= 0.6 is 11.6 Å². The summed E-state index contributed by atoms with van der Waals surface area (Å²) in [7, 11) is -3.27. The predicted molar refractivity (Wildman–Crippen MR) is 93.1 cm³/mol. The predicted octanol–water partition coefficient (Wildman–Crippen LogP) is 3.58. The molecule has 1 aliphatic rings. The normalized spacial score (nSPS) is 16.0. The van der Waals surface area contributed by atoms with E-state index in [1.807, 2.05) is 0 Å². The number of aromatic nitrogens is 1. The lowest BCUT2D eigenvalue weighted by molar-refractivity contribution is -0.160. The first-order valence-electron chi connectivity index (χ1n) is 7.99. The Morgan fingerprint density at radius 3 is 2.34 bits per heavy atom. The lowest BCUT2D eigenvalue weighted by atomic mass is 10.3. The van der Waals surface area contributed by atoms with Gasteiger partial charge in [-0.25, -0.2) is 17.2 Å². The van der Waals surface area contributed by atoms with Gasteiger partial charge in [0.25, 0.3) is 5.91 Å². The second kappa shape index (κ2) is 6.96. The number of nitrogens with zero attached hydrogens (tertiary/aromatic N) is 1. The number of halogens is 6. The summed E-state index contributed by atoms with van der Waals surface area (Å²) in [6.07, 6.45) is -4.55. The van der Waals surface area contributed by atoms with Crippen molar-refractivity contribution in [2.75, 3.05) is 5.32 Å².